The summed E-state index contributed by atoms with van der Waals surface area (Å²) in [5, 5.41) is 1.99. The van der Waals surface area contributed by atoms with Crippen LogP contribution >= 0.6 is 0 Å². The average Bonchev–Trinajstić information content (AvgIpc) is 2.79. The summed E-state index contributed by atoms with van der Waals surface area (Å²) < 4.78 is 56.4. The molecule has 11 heteroatoms. The summed E-state index contributed by atoms with van der Waals surface area (Å²) in [6, 6.07) is 13.6. The second-order valence-corrected chi connectivity index (χ2v) is 8.17. The predicted molar refractivity (Wildman–Crippen MR) is 113 cm³/mol. The molecular formula is C23H29ClN2O8. The molecule has 1 aromatic heterocycles. The Kier molecular flexibility index (Phi) is 10.1. The monoisotopic (exact) mass is 496 g/mol. The fraction of sp³-hybridized carbons (Fsp3) is 0.348. The van der Waals surface area contributed by atoms with Gasteiger partial charge in [-0.3, -0.25) is 0 Å². The van der Waals surface area contributed by atoms with Crippen molar-refractivity contribution in [2.24, 2.45) is 0 Å². The smallest absolute Gasteiger partial charge is 0.213 e. The van der Waals surface area contributed by atoms with Crippen LogP contribution in [-0.2, 0) is 0 Å². The van der Waals surface area contributed by atoms with Crippen LogP contribution in [0.5, 0.6) is 17.2 Å². The van der Waals surface area contributed by atoms with Crippen LogP contribution in [0.25, 0.3) is 22.3 Å². The molecule has 3 rings (SSSR count). The Bertz CT molecular complexity index is 1140. The summed E-state index contributed by atoms with van der Waals surface area (Å²) in [4.78, 5) is 5.74. The number of rotatable bonds is 8. The number of fused-ring (bicyclic) bond motifs is 1. The fourth-order valence-electron chi connectivity index (χ4n) is 3.19. The maximum Gasteiger partial charge on any atom is 0.213 e. The zero-order valence-electron chi connectivity index (χ0n) is 19.8. The molecule has 0 unspecified atom stereocenters. The molecule has 0 atom stereocenters. The Hall–Kier alpha value is -2.86. The van der Waals surface area contributed by atoms with Crippen molar-refractivity contribution in [3.8, 4) is 28.6 Å². The quantitative estimate of drug-likeness (QED) is 0.328. The topological polar surface area (TPSA) is 150 Å². The number of methoxy groups -OCH3 is 3. The van der Waals surface area contributed by atoms with Gasteiger partial charge in [-0.1, -0.05) is 0 Å². The van der Waals surface area contributed by atoms with E-state index in [9.17, 15) is 0 Å². The maximum absolute atomic E-state index is 8.49. The van der Waals surface area contributed by atoms with Gasteiger partial charge in [-0.25, -0.2) is 23.6 Å². The Morgan fingerprint density at radius 3 is 2.15 bits per heavy atom. The van der Waals surface area contributed by atoms with E-state index in [1.807, 2.05) is 42.5 Å². The van der Waals surface area contributed by atoms with Crippen molar-refractivity contribution in [2.45, 2.75) is 6.42 Å². The van der Waals surface area contributed by atoms with Gasteiger partial charge in [0, 0.05) is 18.5 Å². The summed E-state index contributed by atoms with van der Waals surface area (Å²) in [7, 11) is 4.14. The van der Waals surface area contributed by atoms with Gasteiger partial charge in [-0.2, -0.15) is 0 Å². The number of ether oxygens (including phenoxy) is 3. The second kappa shape index (κ2) is 12.6. The molecule has 0 spiro atoms. The third-order valence-electron chi connectivity index (χ3n) is 4.74. The van der Waals surface area contributed by atoms with Crippen LogP contribution in [0.3, 0.4) is 0 Å². The summed E-state index contributed by atoms with van der Waals surface area (Å²) in [6.07, 6.45) is 1.04. The lowest BCUT2D eigenvalue weighted by molar-refractivity contribution is -2.00. The van der Waals surface area contributed by atoms with Crippen LogP contribution in [0.2, 0.25) is 0 Å². The van der Waals surface area contributed by atoms with Crippen molar-refractivity contribution in [1.29, 1.82) is 0 Å². The zero-order chi connectivity index (χ0) is 25.3. The van der Waals surface area contributed by atoms with Gasteiger partial charge in [0.05, 0.1) is 32.8 Å². The normalized spacial score (nSPS) is 11.9. The molecule has 0 aliphatic heterocycles. The molecule has 34 heavy (non-hydrogen) atoms. The van der Waals surface area contributed by atoms with Crippen LogP contribution < -0.4 is 43.2 Å². The van der Waals surface area contributed by atoms with Crippen molar-refractivity contribution < 1.29 is 52.5 Å². The Morgan fingerprint density at radius 2 is 1.56 bits per heavy atom. The highest BCUT2D eigenvalue weighted by atomic mass is 35.7. The van der Waals surface area contributed by atoms with Crippen LogP contribution in [0, 0.1) is 10.2 Å². The molecule has 2 aromatic carbocycles. The second-order valence-electron chi connectivity index (χ2n) is 7.42. The van der Waals surface area contributed by atoms with Gasteiger partial charge in [-0.15, -0.1) is 10.2 Å². The van der Waals surface area contributed by atoms with Crippen LogP contribution in [-0.4, -0.2) is 53.4 Å². The molecule has 0 fully saturated rings. The Balaban J connectivity index is 0.000000739. The Morgan fingerprint density at radius 1 is 0.882 bits per heavy atom. The van der Waals surface area contributed by atoms with Crippen molar-refractivity contribution in [3.63, 3.8) is 0 Å². The highest BCUT2D eigenvalue weighted by Gasteiger charge is 2.13. The van der Waals surface area contributed by atoms with Gasteiger partial charge in [0.2, 0.25) is 5.36 Å². The van der Waals surface area contributed by atoms with Crippen LogP contribution in [0.1, 0.15) is 6.42 Å². The van der Waals surface area contributed by atoms with Gasteiger partial charge < -0.3 is 23.5 Å². The van der Waals surface area contributed by atoms with E-state index < -0.39 is 10.2 Å². The third kappa shape index (κ3) is 8.49. The van der Waals surface area contributed by atoms with E-state index in [0.29, 0.717) is 11.5 Å². The van der Waals surface area contributed by atoms with Gasteiger partial charge in [0.25, 0.3) is 0 Å². The van der Waals surface area contributed by atoms with Gasteiger partial charge in [-0.05, 0) is 50.5 Å². The number of hydrogen-bond donors (Lipinski definition) is 1. The maximum atomic E-state index is 8.49. The van der Waals surface area contributed by atoms with Crippen molar-refractivity contribution in [2.75, 3.05) is 48.5 Å². The lowest BCUT2D eigenvalue weighted by atomic mass is 10.1. The highest BCUT2D eigenvalue weighted by Crippen LogP contribution is 2.33. The standard InChI is InChI=1S/C23H28N2O4.ClHO4/c1-25(2)12-6-11-24-19-15-22(16-7-9-21(27-4)23(13-16)28-5)29-20-10-8-17(26-3)14-18(19)20;2-1(3,4)5/h7-10,13-15H,6,11-12H2,1-5H3;(H,2,3,4,5). The zero-order valence-corrected chi connectivity index (χ0v) is 20.5. The lowest BCUT2D eigenvalue weighted by Crippen LogP contribution is -2.77. The summed E-state index contributed by atoms with van der Waals surface area (Å²) >= 11 is 0. The highest BCUT2D eigenvalue weighted by molar-refractivity contribution is 5.79. The molecule has 0 aliphatic rings. The van der Waals surface area contributed by atoms with E-state index >= 15 is 0 Å². The van der Waals surface area contributed by atoms with Crippen LogP contribution in [0.4, 0.5) is 0 Å². The first kappa shape index (κ1) is 27.4. The van der Waals surface area contributed by atoms with E-state index in [1.54, 1.807) is 21.3 Å². The van der Waals surface area contributed by atoms with E-state index in [2.05, 4.69) is 24.0 Å². The van der Waals surface area contributed by atoms with Crippen molar-refractivity contribution in [3.05, 3.63) is 47.8 Å². The van der Waals surface area contributed by atoms with Crippen molar-refractivity contribution in [1.82, 2.24) is 4.90 Å². The summed E-state index contributed by atoms with van der Waals surface area (Å²) in [5.74, 6) is 2.89. The molecule has 1 heterocycles. The lowest BCUT2D eigenvalue weighted by Gasteiger charge is -2.17. The number of nitrogens with zero attached hydrogens (tertiary/aromatic N) is 1. The molecule has 0 saturated carbocycles. The largest absolute Gasteiger partial charge is 0.497 e. The predicted octanol–water partition coefficient (Wildman–Crippen LogP) is -2.70. The van der Waals surface area contributed by atoms with Gasteiger partial charge in [0.15, 0.2) is 11.5 Å². The molecule has 3 aromatic rings. The number of halogens is 1. The average molecular weight is 497 g/mol. The summed E-state index contributed by atoms with van der Waals surface area (Å²) in [6.45, 7) is 1.88. The molecule has 0 saturated heterocycles. The minimum atomic E-state index is -4.94. The fourth-order valence-corrected chi connectivity index (χ4v) is 3.19. The SMILES string of the molecule is COc1ccc2oc(-c3ccc(OC)c(OC)c3)cc(=[NH+]CCCN(C)C)c2c1.[O-][Cl+3]([O-])([O-])[O-]. The molecular weight excluding hydrogens is 468 g/mol. The number of benzene rings is 2. The first-order valence-corrected chi connectivity index (χ1v) is 11.5. The van der Waals surface area contributed by atoms with E-state index in [1.165, 1.54) is 0 Å². The van der Waals surface area contributed by atoms with Crippen molar-refractivity contribution >= 4 is 11.0 Å². The van der Waals surface area contributed by atoms with Gasteiger partial charge in [0.1, 0.15) is 23.6 Å². The molecule has 186 valence electrons. The molecule has 0 radical (unpaired) electrons. The van der Waals surface area contributed by atoms with Gasteiger partial charge >= 0.3 is 0 Å². The number of hydrogen-bond acceptors (Lipinski definition) is 9. The molecule has 10 nitrogen and oxygen atoms in total. The first-order chi connectivity index (χ1) is 16.0. The number of nitrogens with one attached hydrogen (secondary N) is 1. The molecule has 1 N–H and O–H groups in total. The first-order valence-electron chi connectivity index (χ1n) is 10.2. The van der Waals surface area contributed by atoms with E-state index in [-0.39, 0.29) is 0 Å². The molecule has 0 amide bonds. The minimum absolute atomic E-state index is 0.663. The van der Waals surface area contributed by atoms with Crippen LogP contribution in [0.15, 0.2) is 46.9 Å². The van der Waals surface area contributed by atoms with E-state index in [4.69, 9.17) is 37.3 Å². The third-order valence-corrected chi connectivity index (χ3v) is 4.74. The summed E-state index contributed by atoms with van der Waals surface area (Å²) in [5.41, 5.74) is 1.70. The Labute approximate surface area is 200 Å². The molecule has 0 bridgehead atoms. The van der Waals surface area contributed by atoms with E-state index in [0.717, 1.165) is 52.9 Å². The minimum Gasteiger partial charge on any atom is -0.497 e. The molecule has 0 aliphatic carbocycles.